The zero-order valence-corrected chi connectivity index (χ0v) is 12.9. The zero-order chi connectivity index (χ0) is 16.1. The minimum absolute atomic E-state index is 0.328. The summed E-state index contributed by atoms with van der Waals surface area (Å²) in [5, 5.41) is 17.2. The highest BCUT2D eigenvalue weighted by molar-refractivity contribution is 7.98. The summed E-state index contributed by atoms with van der Waals surface area (Å²) >= 11 is 1.25. The molecule has 6 heteroatoms. The van der Waals surface area contributed by atoms with E-state index in [1.165, 1.54) is 30.0 Å². The molecule has 0 spiro atoms. The van der Waals surface area contributed by atoms with E-state index in [9.17, 15) is 4.39 Å². The third-order valence-electron chi connectivity index (χ3n) is 3.17. The van der Waals surface area contributed by atoms with E-state index in [1.54, 1.807) is 0 Å². The van der Waals surface area contributed by atoms with Gasteiger partial charge < -0.3 is 4.42 Å². The van der Waals surface area contributed by atoms with Crippen LogP contribution in [-0.4, -0.2) is 10.2 Å². The maximum atomic E-state index is 13.7. The highest BCUT2D eigenvalue weighted by atomic mass is 32.2. The van der Waals surface area contributed by atoms with E-state index >= 15 is 0 Å². The Morgan fingerprint density at radius 1 is 1.13 bits per heavy atom. The predicted molar refractivity (Wildman–Crippen MR) is 84.2 cm³/mol. The van der Waals surface area contributed by atoms with E-state index in [1.807, 2.05) is 36.4 Å². The Hall–Kier alpha value is -2.65. The van der Waals surface area contributed by atoms with Crippen LogP contribution in [0.1, 0.15) is 22.6 Å². The molecule has 0 amide bonds. The van der Waals surface area contributed by atoms with Crippen LogP contribution in [-0.2, 0) is 12.2 Å². The molecule has 0 aliphatic carbocycles. The summed E-state index contributed by atoms with van der Waals surface area (Å²) in [6.07, 6.45) is 0.562. The molecule has 0 bridgehead atoms. The van der Waals surface area contributed by atoms with Gasteiger partial charge in [0, 0.05) is 5.75 Å². The maximum absolute atomic E-state index is 13.7. The molecule has 1 aromatic heterocycles. The summed E-state index contributed by atoms with van der Waals surface area (Å²) in [5.74, 6) is 0.499. The molecule has 1 heterocycles. The molecule has 4 nitrogen and oxygen atoms in total. The lowest BCUT2D eigenvalue weighted by Gasteiger charge is -2.01. The summed E-state index contributed by atoms with van der Waals surface area (Å²) in [4.78, 5) is 0. The predicted octanol–water partition coefficient (Wildman–Crippen LogP) is 3.96. The van der Waals surface area contributed by atoms with Gasteiger partial charge in [-0.2, -0.15) is 5.26 Å². The van der Waals surface area contributed by atoms with Crippen molar-refractivity contribution in [3.63, 3.8) is 0 Å². The monoisotopic (exact) mass is 325 g/mol. The van der Waals surface area contributed by atoms with E-state index in [2.05, 4.69) is 10.2 Å². The second-order valence-corrected chi connectivity index (χ2v) is 5.76. The van der Waals surface area contributed by atoms with Crippen LogP contribution in [0.3, 0.4) is 0 Å². The number of hydrogen-bond donors (Lipinski definition) is 0. The van der Waals surface area contributed by atoms with E-state index in [0.29, 0.717) is 34.4 Å². The Labute approximate surface area is 137 Å². The Morgan fingerprint density at radius 2 is 1.96 bits per heavy atom. The summed E-state index contributed by atoms with van der Waals surface area (Å²) in [6.45, 7) is 0. The molecule has 3 rings (SSSR count). The van der Waals surface area contributed by atoms with E-state index in [4.69, 9.17) is 9.68 Å². The highest BCUT2D eigenvalue weighted by Gasteiger charge is 2.10. The Balaban J connectivity index is 1.65. The van der Waals surface area contributed by atoms with Gasteiger partial charge in [0.25, 0.3) is 5.22 Å². The van der Waals surface area contributed by atoms with Crippen LogP contribution in [0.4, 0.5) is 4.39 Å². The Morgan fingerprint density at radius 3 is 2.74 bits per heavy atom. The van der Waals surface area contributed by atoms with Crippen molar-refractivity contribution in [3.05, 3.63) is 76.9 Å². The zero-order valence-electron chi connectivity index (χ0n) is 12.1. The largest absolute Gasteiger partial charge is 0.416 e. The number of nitriles is 1. The SMILES string of the molecule is N#Cc1ccc(F)c(CSc2nnc(Cc3ccccc3)o2)c1. The molecule has 0 saturated heterocycles. The van der Waals surface area contributed by atoms with Crippen LogP contribution in [0.15, 0.2) is 58.2 Å². The summed E-state index contributed by atoms with van der Waals surface area (Å²) in [5.41, 5.74) is 1.95. The Bertz CT molecular complexity index is 843. The number of halogens is 1. The molecule has 0 unspecified atom stereocenters. The first-order chi connectivity index (χ1) is 11.2. The Kier molecular flexibility index (Phi) is 4.69. The van der Waals surface area contributed by atoms with Crippen LogP contribution >= 0.6 is 11.8 Å². The van der Waals surface area contributed by atoms with E-state index in [0.717, 1.165) is 5.56 Å². The van der Waals surface area contributed by atoms with Crippen molar-refractivity contribution >= 4 is 11.8 Å². The fourth-order valence-corrected chi connectivity index (χ4v) is 2.79. The van der Waals surface area contributed by atoms with Gasteiger partial charge in [0.1, 0.15) is 5.82 Å². The van der Waals surface area contributed by atoms with E-state index in [-0.39, 0.29) is 5.82 Å². The first-order valence-electron chi connectivity index (χ1n) is 6.92. The smallest absolute Gasteiger partial charge is 0.276 e. The van der Waals surface area contributed by atoms with Crippen molar-refractivity contribution in [1.29, 1.82) is 5.26 Å². The van der Waals surface area contributed by atoms with Gasteiger partial charge in [0.15, 0.2) is 0 Å². The van der Waals surface area contributed by atoms with Gasteiger partial charge in [-0.3, -0.25) is 0 Å². The summed E-state index contributed by atoms with van der Waals surface area (Å²) in [6, 6.07) is 16.1. The minimum Gasteiger partial charge on any atom is -0.416 e. The molecule has 3 aromatic rings. The number of thioether (sulfide) groups is 1. The number of rotatable bonds is 5. The van der Waals surface area contributed by atoms with Gasteiger partial charge >= 0.3 is 0 Å². The molecule has 0 aliphatic rings. The van der Waals surface area contributed by atoms with Crippen molar-refractivity contribution in [3.8, 4) is 6.07 Å². The quantitative estimate of drug-likeness (QED) is 0.664. The molecular formula is C17H12FN3OS. The van der Waals surface area contributed by atoms with Crippen molar-refractivity contribution in [1.82, 2.24) is 10.2 Å². The average Bonchev–Trinajstić information content (AvgIpc) is 3.02. The molecule has 0 aliphatic heterocycles. The molecule has 0 fully saturated rings. The second kappa shape index (κ2) is 7.07. The molecule has 0 radical (unpaired) electrons. The fraction of sp³-hybridized carbons (Fsp3) is 0.118. The lowest BCUT2D eigenvalue weighted by Crippen LogP contribution is -1.89. The van der Waals surface area contributed by atoms with E-state index < -0.39 is 0 Å². The first-order valence-corrected chi connectivity index (χ1v) is 7.91. The van der Waals surface area contributed by atoms with Crippen molar-refractivity contribution in [2.45, 2.75) is 17.4 Å². The molecular weight excluding hydrogens is 313 g/mol. The molecule has 0 saturated carbocycles. The lowest BCUT2D eigenvalue weighted by atomic mass is 10.1. The van der Waals surface area contributed by atoms with Gasteiger partial charge in [-0.25, -0.2) is 4.39 Å². The van der Waals surface area contributed by atoms with Crippen LogP contribution < -0.4 is 0 Å². The van der Waals surface area contributed by atoms with Crippen LogP contribution in [0.2, 0.25) is 0 Å². The van der Waals surface area contributed by atoms with Crippen molar-refractivity contribution in [2.75, 3.05) is 0 Å². The van der Waals surface area contributed by atoms with Gasteiger partial charge in [0.2, 0.25) is 5.89 Å². The molecule has 114 valence electrons. The first kappa shape index (κ1) is 15.3. The fourth-order valence-electron chi connectivity index (χ4n) is 2.03. The molecule has 2 aromatic carbocycles. The van der Waals surface area contributed by atoms with Gasteiger partial charge in [0.05, 0.1) is 18.1 Å². The third-order valence-corrected chi connectivity index (χ3v) is 4.04. The summed E-state index contributed by atoms with van der Waals surface area (Å²) < 4.78 is 19.3. The van der Waals surface area contributed by atoms with Crippen LogP contribution in [0, 0.1) is 17.1 Å². The molecule has 0 N–H and O–H groups in total. The number of hydrogen-bond acceptors (Lipinski definition) is 5. The molecule has 0 atom stereocenters. The van der Waals surface area contributed by atoms with Gasteiger partial charge in [-0.15, -0.1) is 10.2 Å². The van der Waals surface area contributed by atoms with Crippen molar-refractivity contribution in [2.24, 2.45) is 0 Å². The summed E-state index contributed by atoms with van der Waals surface area (Å²) in [7, 11) is 0. The average molecular weight is 325 g/mol. The van der Waals surface area contributed by atoms with Gasteiger partial charge in [-0.1, -0.05) is 42.1 Å². The molecule has 23 heavy (non-hydrogen) atoms. The van der Waals surface area contributed by atoms with Crippen LogP contribution in [0.25, 0.3) is 0 Å². The van der Waals surface area contributed by atoms with Crippen molar-refractivity contribution < 1.29 is 8.81 Å². The standard InChI is InChI=1S/C17H12FN3OS/c18-15-7-6-13(10-19)8-14(15)11-23-17-21-20-16(22-17)9-12-4-2-1-3-5-12/h1-8H,9,11H2. The highest BCUT2D eigenvalue weighted by Crippen LogP contribution is 2.24. The second-order valence-electron chi connectivity index (χ2n) is 4.83. The number of benzene rings is 2. The number of nitrogens with zero attached hydrogens (tertiary/aromatic N) is 3. The normalized spacial score (nSPS) is 10.4. The van der Waals surface area contributed by atoms with Gasteiger partial charge in [-0.05, 0) is 29.3 Å². The maximum Gasteiger partial charge on any atom is 0.276 e. The van der Waals surface area contributed by atoms with Crippen LogP contribution in [0.5, 0.6) is 0 Å². The number of aromatic nitrogens is 2. The topological polar surface area (TPSA) is 62.7 Å². The lowest BCUT2D eigenvalue weighted by molar-refractivity contribution is 0.420. The third kappa shape index (κ3) is 3.96. The minimum atomic E-state index is -0.347.